The maximum atomic E-state index is 9.12. The minimum Gasteiger partial charge on any atom is -0.411 e. The molecule has 3 saturated heterocycles. The van der Waals surface area contributed by atoms with Crippen molar-refractivity contribution in [3.8, 4) is 0 Å². The van der Waals surface area contributed by atoms with Crippen molar-refractivity contribution in [1.29, 1.82) is 0 Å². The lowest BCUT2D eigenvalue weighted by atomic mass is 9.84. The first-order valence-corrected chi connectivity index (χ1v) is 7.56. The van der Waals surface area contributed by atoms with Gasteiger partial charge in [0.2, 0.25) is 5.69 Å². The van der Waals surface area contributed by atoms with E-state index in [-0.39, 0.29) is 0 Å². The Balaban J connectivity index is 1.61. The van der Waals surface area contributed by atoms with Crippen molar-refractivity contribution in [2.45, 2.75) is 19.6 Å². The second-order valence-electron chi connectivity index (χ2n) is 6.11. The number of hydrogen-bond acceptors (Lipinski definition) is 5. The zero-order chi connectivity index (χ0) is 15.4. The number of oxime groups is 2. The van der Waals surface area contributed by atoms with E-state index in [1.807, 2.05) is 29.0 Å². The van der Waals surface area contributed by atoms with Crippen molar-refractivity contribution in [1.82, 2.24) is 0 Å². The molecule has 0 atom stereocenters. The molecule has 1 aromatic rings. The fourth-order valence-electron chi connectivity index (χ4n) is 3.48. The van der Waals surface area contributed by atoms with Crippen molar-refractivity contribution in [2.24, 2.45) is 16.2 Å². The summed E-state index contributed by atoms with van der Waals surface area (Å²) in [5.41, 5.74) is 1.70. The average molecular weight is 306 g/mol. The molecular weight excluding hydrogens is 284 g/mol. The molecule has 2 N–H and O–H groups in total. The van der Waals surface area contributed by atoms with Crippen LogP contribution in [-0.4, -0.2) is 53.2 Å². The van der Waals surface area contributed by atoms with Gasteiger partial charge in [0.15, 0.2) is 12.9 Å². The second-order valence-corrected chi connectivity index (χ2v) is 6.11. The summed E-state index contributed by atoms with van der Waals surface area (Å²) in [5.74, 6) is 0.459. The van der Waals surface area contributed by atoms with Gasteiger partial charge in [-0.05, 0) is 6.07 Å². The first kappa shape index (κ1) is 14.9. The van der Waals surface area contributed by atoms with Crippen LogP contribution < -0.4 is 4.57 Å². The molecule has 0 spiro atoms. The van der Waals surface area contributed by atoms with E-state index in [4.69, 9.17) is 15.2 Å². The Morgan fingerprint density at radius 3 is 2.86 bits per heavy atom. The second kappa shape index (κ2) is 6.41. The summed E-state index contributed by atoms with van der Waals surface area (Å²) < 4.78 is 8.64. The third kappa shape index (κ3) is 2.95. The Morgan fingerprint density at radius 1 is 1.32 bits per heavy atom. The van der Waals surface area contributed by atoms with Crippen LogP contribution in [0.5, 0.6) is 0 Å². The maximum Gasteiger partial charge on any atom is 0.257 e. The van der Waals surface area contributed by atoms with Crippen LogP contribution in [0.4, 0.5) is 0 Å². The number of pyridine rings is 1. The Kier molecular flexibility index (Phi) is 4.35. The number of nitrogens with zero attached hydrogens (tertiary/aromatic N) is 4. The molecule has 0 amide bonds. The molecule has 3 aliphatic rings. The van der Waals surface area contributed by atoms with E-state index in [1.165, 1.54) is 6.21 Å². The summed E-state index contributed by atoms with van der Waals surface area (Å²) in [6.07, 6.45) is 5.42. The van der Waals surface area contributed by atoms with Gasteiger partial charge in [0.1, 0.15) is 18.5 Å². The lowest BCUT2D eigenvalue weighted by Gasteiger charge is -2.48. The normalized spacial score (nSPS) is 29.5. The van der Waals surface area contributed by atoms with Gasteiger partial charge in [0, 0.05) is 30.9 Å². The van der Waals surface area contributed by atoms with Crippen molar-refractivity contribution < 1.29 is 24.2 Å². The van der Waals surface area contributed by atoms with Crippen LogP contribution >= 0.6 is 0 Å². The molecule has 0 aliphatic carbocycles. The molecule has 0 aromatic carbocycles. The number of aromatic nitrogens is 1. The monoisotopic (exact) mass is 306 g/mol. The molecule has 4 rings (SSSR count). The number of fused-ring (bicyclic) bond motifs is 3. The fraction of sp³-hybridized carbons (Fsp3) is 0.533. The molecule has 4 heterocycles. The molecule has 0 unspecified atom stereocenters. The Morgan fingerprint density at radius 2 is 2.14 bits per heavy atom. The molecule has 0 saturated carbocycles. The minimum atomic E-state index is 0.400. The Bertz CT molecular complexity index is 580. The van der Waals surface area contributed by atoms with Gasteiger partial charge in [-0.25, -0.2) is 0 Å². The zero-order valence-electron chi connectivity index (χ0n) is 12.5. The van der Waals surface area contributed by atoms with E-state index in [2.05, 4.69) is 10.3 Å². The summed E-state index contributed by atoms with van der Waals surface area (Å²) in [6, 6.07) is 5.65. The van der Waals surface area contributed by atoms with E-state index >= 15 is 0 Å². The average Bonchev–Trinajstić information content (AvgIpc) is 2.57. The zero-order valence-corrected chi connectivity index (χ0v) is 12.5. The van der Waals surface area contributed by atoms with Crippen LogP contribution in [0.25, 0.3) is 0 Å². The van der Waals surface area contributed by atoms with Gasteiger partial charge in [-0.2, -0.15) is 4.57 Å². The first-order valence-electron chi connectivity index (χ1n) is 7.56. The van der Waals surface area contributed by atoms with E-state index in [0.717, 1.165) is 48.4 Å². The first-order chi connectivity index (χ1) is 10.8. The molecule has 22 heavy (non-hydrogen) atoms. The highest BCUT2D eigenvalue weighted by molar-refractivity contribution is 5.88. The van der Waals surface area contributed by atoms with E-state index in [1.54, 1.807) is 0 Å². The number of ether oxygens (including phenoxy) is 1. The van der Waals surface area contributed by atoms with Gasteiger partial charge in [-0.3, -0.25) is 9.22 Å². The predicted octanol–water partition coefficient (Wildman–Crippen LogP) is 0.784. The molecule has 2 bridgehead atoms. The lowest BCUT2D eigenvalue weighted by Crippen LogP contribution is -2.63. The minimum absolute atomic E-state index is 0.400. The Hall–Kier alpha value is -1.99. The third-order valence-electron chi connectivity index (χ3n) is 4.76. The third-order valence-corrected chi connectivity index (χ3v) is 4.76. The fourth-order valence-corrected chi connectivity index (χ4v) is 3.48. The van der Waals surface area contributed by atoms with Crippen molar-refractivity contribution in [3.05, 3.63) is 30.1 Å². The van der Waals surface area contributed by atoms with Crippen LogP contribution in [0.3, 0.4) is 0 Å². The van der Waals surface area contributed by atoms with Gasteiger partial charge >= 0.3 is 0 Å². The number of quaternary nitrogens is 1. The largest absolute Gasteiger partial charge is 0.411 e. The van der Waals surface area contributed by atoms with Gasteiger partial charge in [-0.15, -0.1) is 0 Å². The highest BCUT2D eigenvalue weighted by atomic mass is 16.5. The lowest BCUT2D eigenvalue weighted by molar-refractivity contribution is -0.954. The molecular formula is C15H22N4O3+2. The maximum absolute atomic E-state index is 9.12. The molecule has 7 nitrogen and oxygen atoms in total. The topological polar surface area (TPSA) is 78.3 Å². The SMILES string of the molecule is ON=Cc1cccc[n+]1COC[N+]12CCC(CC1)C(=NO)C2. The van der Waals surface area contributed by atoms with Gasteiger partial charge in [0.25, 0.3) is 6.73 Å². The van der Waals surface area contributed by atoms with Gasteiger partial charge in [0.05, 0.1) is 13.1 Å². The van der Waals surface area contributed by atoms with Crippen LogP contribution in [-0.2, 0) is 11.5 Å². The van der Waals surface area contributed by atoms with Crippen molar-refractivity contribution in [2.75, 3.05) is 26.4 Å². The Labute approximate surface area is 129 Å². The van der Waals surface area contributed by atoms with E-state index < -0.39 is 0 Å². The van der Waals surface area contributed by atoms with Crippen LogP contribution in [0.15, 0.2) is 34.7 Å². The molecule has 1 aromatic heterocycles. The van der Waals surface area contributed by atoms with Crippen molar-refractivity contribution >= 4 is 11.9 Å². The van der Waals surface area contributed by atoms with Crippen molar-refractivity contribution in [3.63, 3.8) is 0 Å². The van der Waals surface area contributed by atoms with Crippen LogP contribution in [0.1, 0.15) is 18.5 Å². The highest BCUT2D eigenvalue weighted by Crippen LogP contribution is 2.31. The molecule has 0 radical (unpaired) electrons. The van der Waals surface area contributed by atoms with Crippen LogP contribution in [0, 0.1) is 5.92 Å². The summed E-state index contributed by atoms with van der Waals surface area (Å²) in [5, 5.41) is 24.4. The molecule has 7 heteroatoms. The molecule has 118 valence electrons. The molecule has 3 fully saturated rings. The number of hydrogen-bond donors (Lipinski definition) is 2. The summed E-state index contributed by atoms with van der Waals surface area (Å²) in [7, 11) is 0. The standard InChI is InChI=1S/C15H20N4O3/c20-16-9-14-3-1-2-6-18(14)11-22-12-19-7-4-13(5-8-19)15(10-19)17-21/h1-3,6,9,13H,4-5,7-8,10-12H2/p+2. The molecule has 3 aliphatic heterocycles. The quantitative estimate of drug-likeness (QED) is 0.277. The number of piperidine rings is 3. The van der Waals surface area contributed by atoms with E-state index in [9.17, 15) is 0 Å². The van der Waals surface area contributed by atoms with Crippen LogP contribution in [0.2, 0.25) is 0 Å². The van der Waals surface area contributed by atoms with Gasteiger partial charge < -0.3 is 10.4 Å². The smallest absolute Gasteiger partial charge is 0.257 e. The van der Waals surface area contributed by atoms with E-state index in [0.29, 0.717) is 19.4 Å². The summed E-state index contributed by atoms with van der Waals surface area (Å²) >= 11 is 0. The number of rotatable bonds is 5. The van der Waals surface area contributed by atoms with Gasteiger partial charge in [-0.1, -0.05) is 10.3 Å². The summed E-state index contributed by atoms with van der Waals surface area (Å²) in [4.78, 5) is 0. The predicted molar refractivity (Wildman–Crippen MR) is 78.8 cm³/mol. The summed E-state index contributed by atoms with van der Waals surface area (Å²) in [6.45, 7) is 3.94. The highest BCUT2D eigenvalue weighted by Gasteiger charge is 2.44.